The van der Waals surface area contributed by atoms with Crippen molar-refractivity contribution in [2.24, 2.45) is 16.3 Å². The van der Waals surface area contributed by atoms with Gasteiger partial charge in [-0.15, -0.1) is 0 Å². The van der Waals surface area contributed by atoms with Crippen molar-refractivity contribution < 1.29 is 18.4 Å². The minimum Gasteiger partial charge on any atom is -0.302 e. The summed E-state index contributed by atoms with van der Waals surface area (Å²) < 4.78 is 28.5. The SMILES string of the molecule is CC(=O)N1c2ccccc2N=C2CC(C)(C)CC(=O)C2C1c1ccc(F)cc1F. The Kier molecular flexibility index (Phi) is 4.60. The molecule has 2 unspecified atom stereocenters. The van der Waals surface area contributed by atoms with Crippen molar-refractivity contribution in [3.8, 4) is 0 Å². The number of carbonyl (C=O) groups is 2. The van der Waals surface area contributed by atoms with Crippen LogP contribution in [0.25, 0.3) is 0 Å². The Morgan fingerprint density at radius 3 is 2.55 bits per heavy atom. The molecule has 0 spiro atoms. The van der Waals surface area contributed by atoms with Crippen LogP contribution >= 0.6 is 0 Å². The number of para-hydroxylation sites is 2. The molecule has 0 N–H and O–H groups in total. The largest absolute Gasteiger partial charge is 0.302 e. The Bertz CT molecular complexity index is 1040. The van der Waals surface area contributed by atoms with E-state index in [0.717, 1.165) is 12.1 Å². The van der Waals surface area contributed by atoms with E-state index in [0.29, 0.717) is 29.9 Å². The molecule has 1 fully saturated rings. The van der Waals surface area contributed by atoms with E-state index in [-0.39, 0.29) is 22.7 Å². The van der Waals surface area contributed by atoms with Gasteiger partial charge in [0.05, 0.1) is 23.3 Å². The third-order valence-electron chi connectivity index (χ3n) is 5.64. The summed E-state index contributed by atoms with van der Waals surface area (Å²) in [6.45, 7) is 5.38. The topological polar surface area (TPSA) is 49.7 Å². The van der Waals surface area contributed by atoms with Crippen LogP contribution in [0.4, 0.5) is 20.2 Å². The highest BCUT2D eigenvalue weighted by molar-refractivity contribution is 6.12. The summed E-state index contributed by atoms with van der Waals surface area (Å²) in [5, 5.41) is 0. The molecule has 0 bridgehead atoms. The van der Waals surface area contributed by atoms with Gasteiger partial charge in [-0.3, -0.25) is 14.6 Å². The van der Waals surface area contributed by atoms with Crippen LogP contribution in [-0.2, 0) is 9.59 Å². The van der Waals surface area contributed by atoms with Crippen LogP contribution in [0, 0.1) is 23.0 Å². The lowest BCUT2D eigenvalue weighted by Gasteiger charge is -2.40. The fraction of sp³-hybridized carbons (Fsp3) is 0.348. The normalized spacial score (nSPS) is 23.0. The Balaban J connectivity index is 2.01. The van der Waals surface area contributed by atoms with Crippen molar-refractivity contribution in [3.63, 3.8) is 0 Å². The average Bonchev–Trinajstić information content (AvgIpc) is 2.74. The number of aliphatic imine (C=N–C) groups is 1. The number of Topliss-reactive ketones (excluding diaryl/α,β-unsaturated/α-hetero) is 1. The second kappa shape index (κ2) is 6.87. The Labute approximate surface area is 168 Å². The molecule has 2 atom stereocenters. The van der Waals surface area contributed by atoms with Gasteiger partial charge in [0.25, 0.3) is 0 Å². The number of nitrogens with zero attached hydrogens (tertiary/aromatic N) is 2. The highest BCUT2D eigenvalue weighted by Crippen LogP contribution is 2.48. The van der Waals surface area contributed by atoms with Gasteiger partial charge in [0.1, 0.15) is 17.4 Å². The van der Waals surface area contributed by atoms with Crippen LogP contribution in [0.1, 0.15) is 45.2 Å². The molecule has 29 heavy (non-hydrogen) atoms. The molecule has 1 aliphatic carbocycles. The lowest BCUT2D eigenvalue weighted by Crippen LogP contribution is -2.47. The fourth-order valence-electron chi connectivity index (χ4n) is 4.54. The molecule has 150 valence electrons. The first kappa shape index (κ1) is 19.4. The maximum Gasteiger partial charge on any atom is 0.224 e. The van der Waals surface area contributed by atoms with Gasteiger partial charge >= 0.3 is 0 Å². The summed E-state index contributed by atoms with van der Waals surface area (Å²) >= 11 is 0. The molecule has 4 rings (SSSR count). The molecule has 6 heteroatoms. The van der Waals surface area contributed by atoms with Gasteiger partial charge in [-0.25, -0.2) is 8.78 Å². The summed E-state index contributed by atoms with van der Waals surface area (Å²) in [7, 11) is 0. The summed E-state index contributed by atoms with van der Waals surface area (Å²) in [5.41, 5.74) is 1.55. The predicted octanol–water partition coefficient (Wildman–Crippen LogP) is 5.15. The minimum atomic E-state index is -0.918. The van der Waals surface area contributed by atoms with E-state index in [2.05, 4.69) is 0 Å². The van der Waals surface area contributed by atoms with Crippen LogP contribution in [0.5, 0.6) is 0 Å². The van der Waals surface area contributed by atoms with Crippen molar-refractivity contribution in [1.82, 2.24) is 0 Å². The summed E-state index contributed by atoms with van der Waals surface area (Å²) in [4.78, 5) is 32.2. The van der Waals surface area contributed by atoms with Crippen LogP contribution in [-0.4, -0.2) is 17.4 Å². The molecular formula is C23H22F2N2O2. The minimum absolute atomic E-state index is 0.0900. The number of benzene rings is 2. The van der Waals surface area contributed by atoms with Gasteiger partial charge in [-0.2, -0.15) is 0 Å². The number of carbonyl (C=O) groups excluding carboxylic acids is 2. The van der Waals surface area contributed by atoms with E-state index >= 15 is 0 Å². The zero-order valence-electron chi connectivity index (χ0n) is 16.6. The van der Waals surface area contributed by atoms with Gasteiger partial charge in [-0.05, 0) is 30.0 Å². The Hall–Kier alpha value is -2.89. The molecule has 1 aliphatic heterocycles. The Morgan fingerprint density at radius 1 is 1.14 bits per heavy atom. The smallest absolute Gasteiger partial charge is 0.224 e. The first-order valence-electron chi connectivity index (χ1n) is 9.62. The first-order chi connectivity index (χ1) is 13.7. The zero-order chi connectivity index (χ0) is 20.9. The maximum absolute atomic E-state index is 14.9. The van der Waals surface area contributed by atoms with Crippen LogP contribution in [0.15, 0.2) is 47.5 Å². The van der Waals surface area contributed by atoms with Crippen molar-refractivity contribution in [1.29, 1.82) is 0 Å². The number of rotatable bonds is 1. The van der Waals surface area contributed by atoms with E-state index in [1.807, 2.05) is 19.9 Å². The van der Waals surface area contributed by atoms with Crippen LogP contribution < -0.4 is 4.90 Å². The molecule has 4 nitrogen and oxygen atoms in total. The second-order valence-electron chi connectivity index (χ2n) is 8.55. The second-order valence-corrected chi connectivity index (χ2v) is 8.55. The Morgan fingerprint density at radius 2 is 1.86 bits per heavy atom. The molecular weight excluding hydrogens is 374 g/mol. The van der Waals surface area contributed by atoms with E-state index in [4.69, 9.17) is 4.99 Å². The molecule has 1 amide bonds. The number of fused-ring (bicyclic) bond motifs is 2. The van der Waals surface area contributed by atoms with Crippen molar-refractivity contribution in [3.05, 3.63) is 59.7 Å². The predicted molar refractivity (Wildman–Crippen MR) is 107 cm³/mol. The summed E-state index contributed by atoms with van der Waals surface area (Å²) in [5.74, 6) is -2.69. The first-order valence-corrected chi connectivity index (χ1v) is 9.62. The maximum atomic E-state index is 14.9. The number of amides is 1. The third kappa shape index (κ3) is 3.37. The fourth-order valence-corrected chi connectivity index (χ4v) is 4.54. The molecule has 0 aromatic heterocycles. The number of hydrogen-bond acceptors (Lipinski definition) is 3. The lowest BCUT2D eigenvalue weighted by molar-refractivity contribution is -0.124. The lowest BCUT2D eigenvalue weighted by atomic mass is 9.68. The van der Waals surface area contributed by atoms with Crippen LogP contribution in [0.2, 0.25) is 0 Å². The number of hydrogen-bond donors (Lipinski definition) is 0. The number of ketones is 1. The van der Waals surface area contributed by atoms with Gasteiger partial charge in [0.15, 0.2) is 0 Å². The quantitative estimate of drug-likeness (QED) is 0.669. The number of halogens is 2. The standard InChI is InChI=1S/C23H22F2N2O2/c1-13(28)27-19-7-5-4-6-17(19)26-18-11-23(2,3)12-20(29)21(18)22(27)15-9-8-14(24)10-16(15)25/h4-10,21-22H,11-12H2,1-3H3. The highest BCUT2D eigenvalue weighted by Gasteiger charge is 2.47. The van der Waals surface area contributed by atoms with Gasteiger partial charge in [0, 0.05) is 30.7 Å². The molecule has 1 heterocycles. The molecule has 0 saturated heterocycles. The van der Waals surface area contributed by atoms with E-state index in [1.54, 1.807) is 18.2 Å². The molecule has 2 aromatic carbocycles. The monoisotopic (exact) mass is 396 g/mol. The van der Waals surface area contributed by atoms with Crippen molar-refractivity contribution in [2.45, 2.75) is 39.7 Å². The summed E-state index contributed by atoms with van der Waals surface area (Å²) in [6, 6.07) is 9.45. The van der Waals surface area contributed by atoms with Crippen LogP contribution in [0.3, 0.4) is 0 Å². The van der Waals surface area contributed by atoms with Gasteiger partial charge in [0.2, 0.25) is 5.91 Å². The number of anilines is 1. The van der Waals surface area contributed by atoms with E-state index in [1.165, 1.54) is 17.9 Å². The van der Waals surface area contributed by atoms with Gasteiger partial charge < -0.3 is 4.90 Å². The van der Waals surface area contributed by atoms with Gasteiger partial charge in [-0.1, -0.05) is 32.0 Å². The average molecular weight is 396 g/mol. The molecule has 2 aromatic rings. The van der Waals surface area contributed by atoms with E-state index < -0.39 is 23.6 Å². The summed E-state index contributed by atoms with van der Waals surface area (Å²) in [6.07, 6.45) is 0.862. The highest BCUT2D eigenvalue weighted by atomic mass is 19.1. The molecule has 1 saturated carbocycles. The van der Waals surface area contributed by atoms with Crippen molar-refractivity contribution in [2.75, 3.05) is 4.90 Å². The van der Waals surface area contributed by atoms with Crippen molar-refractivity contribution >= 4 is 28.8 Å². The zero-order valence-corrected chi connectivity index (χ0v) is 16.6. The molecule has 2 aliphatic rings. The molecule has 0 radical (unpaired) electrons. The van der Waals surface area contributed by atoms with E-state index in [9.17, 15) is 18.4 Å². The third-order valence-corrected chi connectivity index (χ3v) is 5.64.